The zero-order chi connectivity index (χ0) is 6.81. The Morgan fingerprint density at radius 1 is 1.17 bits per heavy atom. The molecule has 12 heavy (non-hydrogen) atoms. The minimum Gasteiger partial charge on any atom is -1.00 e. The first kappa shape index (κ1) is 11.7. The Labute approximate surface area is 94.7 Å². The fourth-order valence-corrected chi connectivity index (χ4v) is 0.965. The van der Waals surface area contributed by atoms with E-state index in [0.29, 0.717) is 0 Å². The van der Waals surface area contributed by atoms with Gasteiger partial charge in [-0.1, -0.05) is 6.07 Å². The molecule has 0 atom stereocenters. The first-order valence-corrected chi connectivity index (χ1v) is 3.17. The molecule has 0 aliphatic heterocycles. The second-order valence-corrected chi connectivity index (χ2v) is 2.14. The molecule has 0 aliphatic carbocycles. The van der Waals surface area contributed by atoms with Gasteiger partial charge in [-0.25, -0.2) is 0 Å². The number of rotatable bonds is 0. The molecule has 1 nitrogen and oxygen atoms in total. The van der Waals surface area contributed by atoms with E-state index in [1.807, 2.05) is 30.5 Å². The third-order valence-electron chi connectivity index (χ3n) is 1.47. The predicted molar refractivity (Wildman–Crippen MR) is 40.6 cm³/mol. The molecule has 0 spiro atoms. The standard InChI is InChI=1S/C9H6N.BrH.Zn/c1-2-4-9-7-10-6-5-8(9)3-1;;/h1-4,6-7H;1H;/q-1;;+2/p-1. The molecule has 0 fully saturated rings. The van der Waals surface area contributed by atoms with Crippen LogP contribution in [0.2, 0.25) is 0 Å². The zero-order valence-electron chi connectivity index (χ0n) is 6.50. The molecule has 0 saturated carbocycles. The fourth-order valence-electron chi connectivity index (χ4n) is 0.965. The molecule has 0 aliphatic rings. The molecule has 0 amide bonds. The molecule has 56 valence electrons. The second-order valence-electron chi connectivity index (χ2n) is 2.14. The van der Waals surface area contributed by atoms with Crippen molar-refractivity contribution >= 4 is 10.8 Å². The summed E-state index contributed by atoms with van der Waals surface area (Å²) in [6.07, 6.45) is 3.52. The van der Waals surface area contributed by atoms with Crippen LogP contribution in [0, 0.1) is 6.07 Å². The summed E-state index contributed by atoms with van der Waals surface area (Å²) >= 11 is 0. The van der Waals surface area contributed by atoms with Gasteiger partial charge in [0.2, 0.25) is 0 Å². The average Bonchev–Trinajstić information content (AvgIpc) is 2.05. The monoisotopic (exact) mass is 271 g/mol. The molecule has 1 aromatic carbocycles. The quantitative estimate of drug-likeness (QED) is 0.445. The van der Waals surface area contributed by atoms with Gasteiger partial charge < -0.3 is 17.0 Å². The van der Waals surface area contributed by atoms with E-state index in [-0.39, 0.29) is 36.5 Å². The topological polar surface area (TPSA) is 12.9 Å². The van der Waals surface area contributed by atoms with E-state index in [2.05, 4.69) is 11.1 Å². The van der Waals surface area contributed by atoms with Crippen LogP contribution >= 0.6 is 0 Å². The van der Waals surface area contributed by atoms with E-state index in [1.165, 1.54) is 0 Å². The zero-order valence-corrected chi connectivity index (χ0v) is 11.0. The SMILES string of the molecule is [Br-].[Zn+2].[c-]1cncc2ccccc12. The first-order valence-electron chi connectivity index (χ1n) is 3.17. The largest absolute Gasteiger partial charge is 2.00 e. The van der Waals surface area contributed by atoms with Crippen molar-refractivity contribution < 1.29 is 36.5 Å². The van der Waals surface area contributed by atoms with Crippen LogP contribution in [0.5, 0.6) is 0 Å². The van der Waals surface area contributed by atoms with E-state index < -0.39 is 0 Å². The third kappa shape index (κ3) is 2.36. The smallest absolute Gasteiger partial charge is 1.00 e. The van der Waals surface area contributed by atoms with Crippen molar-refractivity contribution in [2.45, 2.75) is 0 Å². The van der Waals surface area contributed by atoms with Crippen LogP contribution < -0.4 is 17.0 Å². The average molecular weight is 273 g/mol. The third-order valence-corrected chi connectivity index (χ3v) is 1.47. The summed E-state index contributed by atoms with van der Waals surface area (Å²) in [7, 11) is 0. The van der Waals surface area contributed by atoms with Crippen molar-refractivity contribution in [3.8, 4) is 0 Å². The summed E-state index contributed by atoms with van der Waals surface area (Å²) in [6, 6.07) is 11.1. The van der Waals surface area contributed by atoms with E-state index in [9.17, 15) is 0 Å². The van der Waals surface area contributed by atoms with Gasteiger partial charge in [0, 0.05) is 0 Å². The number of aromatic nitrogens is 1. The van der Waals surface area contributed by atoms with Gasteiger partial charge in [0.1, 0.15) is 0 Å². The number of pyridine rings is 1. The van der Waals surface area contributed by atoms with Gasteiger partial charge in [0.15, 0.2) is 0 Å². The first-order chi connectivity index (χ1) is 4.97. The summed E-state index contributed by atoms with van der Waals surface area (Å²) in [4.78, 5) is 3.96. The molecule has 0 radical (unpaired) electrons. The summed E-state index contributed by atoms with van der Waals surface area (Å²) in [6.45, 7) is 0. The predicted octanol–water partition coefficient (Wildman–Crippen LogP) is -0.964. The Hall–Kier alpha value is -0.267. The molecule has 3 heteroatoms. The van der Waals surface area contributed by atoms with Crippen LogP contribution in [-0.2, 0) is 19.5 Å². The van der Waals surface area contributed by atoms with Crippen LogP contribution in [0.4, 0.5) is 0 Å². The number of benzene rings is 1. The summed E-state index contributed by atoms with van der Waals surface area (Å²) in [5.74, 6) is 0. The molecule has 0 unspecified atom stereocenters. The molecule has 0 bridgehead atoms. The van der Waals surface area contributed by atoms with Crippen LogP contribution in [0.25, 0.3) is 10.8 Å². The summed E-state index contributed by atoms with van der Waals surface area (Å²) in [5, 5.41) is 2.27. The Balaban J connectivity index is 0.000000605. The van der Waals surface area contributed by atoms with E-state index >= 15 is 0 Å². The molecular weight excluding hydrogens is 267 g/mol. The van der Waals surface area contributed by atoms with Crippen molar-refractivity contribution in [1.29, 1.82) is 0 Å². The van der Waals surface area contributed by atoms with Gasteiger partial charge in [-0.15, -0.1) is 17.5 Å². The summed E-state index contributed by atoms with van der Waals surface area (Å²) in [5.41, 5.74) is 0. The van der Waals surface area contributed by atoms with Crippen molar-refractivity contribution in [3.63, 3.8) is 0 Å². The number of hydrogen-bond donors (Lipinski definition) is 0. The van der Waals surface area contributed by atoms with Gasteiger partial charge >= 0.3 is 19.5 Å². The maximum atomic E-state index is 3.96. The van der Waals surface area contributed by atoms with Gasteiger partial charge in [-0.05, 0) is 12.4 Å². The van der Waals surface area contributed by atoms with E-state index in [0.717, 1.165) is 10.8 Å². The maximum absolute atomic E-state index is 3.96. The molecule has 1 aromatic heterocycles. The fraction of sp³-hybridized carbons (Fsp3) is 0. The Morgan fingerprint density at radius 2 is 1.92 bits per heavy atom. The Bertz CT molecular complexity index is 286. The van der Waals surface area contributed by atoms with Crippen molar-refractivity contribution in [2.75, 3.05) is 0 Å². The van der Waals surface area contributed by atoms with Crippen LogP contribution in [0.15, 0.2) is 36.7 Å². The van der Waals surface area contributed by atoms with E-state index in [4.69, 9.17) is 0 Å². The molecular formula is C9H6BrNZn. The van der Waals surface area contributed by atoms with Gasteiger partial charge in [-0.2, -0.15) is 17.5 Å². The van der Waals surface area contributed by atoms with Gasteiger partial charge in [-0.3, -0.25) is 4.98 Å². The van der Waals surface area contributed by atoms with Crippen LogP contribution in [0.3, 0.4) is 0 Å². The van der Waals surface area contributed by atoms with Crippen molar-refractivity contribution in [1.82, 2.24) is 4.98 Å². The maximum Gasteiger partial charge on any atom is 2.00 e. The van der Waals surface area contributed by atoms with E-state index in [1.54, 1.807) is 6.20 Å². The van der Waals surface area contributed by atoms with Crippen molar-refractivity contribution in [2.24, 2.45) is 0 Å². The minimum atomic E-state index is 0. The molecule has 0 saturated heterocycles. The number of fused-ring (bicyclic) bond motifs is 1. The van der Waals surface area contributed by atoms with Gasteiger partial charge in [0.25, 0.3) is 0 Å². The number of halogens is 1. The normalized spacial score (nSPS) is 8.33. The Morgan fingerprint density at radius 3 is 2.67 bits per heavy atom. The summed E-state index contributed by atoms with van der Waals surface area (Å²) < 4.78 is 0. The van der Waals surface area contributed by atoms with Crippen LogP contribution in [-0.4, -0.2) is 4.98 Å². The molecule has 1 heterocycles. The van der Waals surface area contributed by atoms with Crippen LogP contribution in [0.1, 0.15) is 0 Å². The Kier molecular flexibility index (Phi) is 5.27. The molecule has 2 aromatic rings. The van der Waals surface area contributed by atoms with Gasteiger partial charge in [0.05, 0.1) is 0 Å². The molecule has 0 N–H and O–H groups in total. The number of nitrogens with zero attached hydrogens (tertiary/aromatic N) is 1. The second kappa shape index (κ2) is 5.39. The number of hydrogen-bond acceptors (Lipinski definition) is 1. The van der Waals surface area contributed by atoms with Crippen molar-refractivity contribution in [3.05, 3.63) is 42.7 Å². The molecule has 2 rings (SSSR count). The minimum absolute atomic E-state index is 0.